The molecular weight excluding hydrogens is 420 g/mol. The van der Waals surface area contributed by atoms with Gasteiger partial charge in [-0.2, -0.15) is 0 Å². The summed E-state index contributed by atoms with van der Waals surface area (Å²) in [6.07, 6.45) is 0. The van der Waals surface area contributed by atoms with Crippen molar-refractivity contribution < 1.29 is 4.79 Å². The topological polar surface area (TPSA) is 34.1 Å². The van der Waals surface area contributed by atoms with Gasteiger partial charge >= 0.3 is 0 Å². The van der Waals surface area contributed by atoms with Gasteiger partial charge in [-0.25, -0.2) is 0 Å². The molecule has 1 aliphatic heterocycles. The molecule has 0 atom stereocenters. The number of hydrogen-bond acceptors (Lipinski definition) is 3. The molecule has 4 aromatic carbocycles. The molecule has 0 bridgehead atoms. The number of carbonyl (C=O) groups is 1. The third kappa shape index (κ3) is 1.99. The van der Waals surface area contributed by atoms with Gasteiger partial charge in [0, 0.05) is 41.3 Å². The maximum absolute atomic E-state index is 13.1. The molecule has 0 aromatic heterocycles. The quantitative estimate of drug-likeness (QED) is 0.395. The Morgan fingerprint density at radius 3 is 2.44 bits per heavy atom. The van der Waals surface area contributed by atoms with Crippen LogP contribution in [0.15, 0.2) is 62.7 Å². The third-order valence-corrected chi connectivity index (χ3v) is 6.72. The van der Waals surface area contributed by atoms with E-state index in [2.05, 4.69) is 15.9 Å². The van der Waals surface area contributed by atoms with Crippen LogP contribution in [0.5, 0.6) is 0 Å². The maximum Gasteiger partial charge on any atom is 0.201 e. The lowest BCUT2D eigenvalue weighted by atomic mass is 10.1. The summed E-state index contributed by atoms with van der Waals surface area (Å²) in [7, 11) is 0. The Morgan fingerprint density at radius 1 is 0.880 bits per heavy atom. The summed E-state index contributed by atoms with van der Waals surface area (Å²) in [5.74, 6) is -0.0843. The van der Waals surface area contributed by atoms with Crippen LogP contribution in [0.25, 0.3) is 26.5 Å². The van der Waals surface area contributed by atoms with Gasteiger partial charge in [-0.3, -0.25) is 9.59 Å². The van der Waals surface area contributed by atoms with E-state index in [9.17, 15) is 9.59 Å². The zero-order chi connectivity index (χ0) is 17.3. The Kier molecular flexibility index (Phi) is 3.26. The van der Waals surface area contributed by atoms with Crippen molar-refractivity contribution in [2.75, 3.05) is 0 Å². The summed E-state index contributed by atoms with van der Waals surface area (Å²) in [6, 6.07) is 14.7. The molecule has 0 radical (unpaired) electrons. The predicted molar refractivity (Wildman–Crippen MR) is 107 cm³/mol. The third-order valence-electron chi connectivity index (χ3n) is 4.58. The van der Waals surface area contributed by atoms with Gasteiger partial charge in [-0.1, -0.05) is 57.5 Å². The molecule has 0 fully saturated rings. The van der Waals surface area contributed by atoms with Crippen LogP contribution < -0.4 is 10.6 Å². The minimum Gasteiger partial charge on any atom is -0.289 e. The average Bonchev–Trinajstić information content (AvgIpc) is 3.08. The van der Waals surface area contributed by atoms with E-state index in [1.807, 2.05) is 30.3 Å². The van der Waals surface area contributed by atoms with Gasteiger partial charge in [0.25, 0.3) is 0 Å². The van der Waals surface area contributed by atoms with Crippen molar-refractivity contribution >= 4 is 71.5 Å². The fraction of sp³-hybridized carbons (Fsp3) is 0. The predicted octanol–water partition coefficient (Wildman–Crippen LogP) is 5.02. The molecule has 0 spiro atoms. The van der Waals surface area contributed by atoms with Gasteiger partial charge in [-0.05, 0) is 35.7 Å². The van der Waals surface area contributed by atoms with Crippen LogP contribution in [0.3, 0.4) is 0 Å². The number of carbonyl (C=O) groups excluding carboxylic acids is 1. The van der Waals surface area contributed by atoms with Gasteiger partial charge in [0.2, 0.25) is 5.78 Å². The summed E-state index contributed by atoms with van der Waals surface area (Å²) >= 11 is 11.3. The second kappa shape index (κ2) is 5.31. The molecule has 1 heterocycles. The van der Waals surface area contributed by atoms with Gasteiger partial charge in [-0.15, -0.1) is 0 Å². The van der Waals surface area contributed by atoms with Gasteiger partial charge in [0.1, 0.15) is 0 Å². The normalized spacial score (nSPS) is 16.2. The number of rotatable bonds is 0. The number of thioether (sulfide) groups is 1. The van der Waals surface area contributed by atoms with Crippen molar-refractivity contribution in [1.29, 1.82) is 0 Å². The van der Waals surface area contributed by atoms with Crippen LogP contribution in [0, 0.1) is 0 Å². The molecule has 5 rings (SSSR count). The van der Waals surface area contributed by atoms with Gasteiger partial charge in [0.15, 0.2) is 5.43 Å². The van der Waals surface area contributed by atoms with Crippen molar-refractivity contribution in [3.8, 4) is 0 Å². The second-order valence-corrected chi connectivity index (χ2v) is 8.21. The average molecular weight is 428 g/mol. The van der Waals surface area contributed by atoms with E-state index < -0.39 is 0 Å². The van der Waals surface area contributed by atoms with Crippen LogP contribution in [-0.4, -0.2) is 5.78 Å². The van der Waals surface area contributed by atoms with Crippen molar-refractivity contribution in [3.63, 3.8) is 0 Å². The van der Waals surface area contributed by atoms with Gasteiger partial charge < -0.3 is 0 Å². The number of Topliss-reactive ketones (excluding diaryl/α,β-unsaturated/α-hetero) is 1. The first-order valence-corrected chi connectivity index (χ1v) is 9.58. The molecule has 0 N–H and O–H groups in total. The molecule has 1 aliphatic rings. The molecule has 25 heavy (non-hydrogen) atoms. The molecule has 4 aromatic rings. The first-order valence-electron chi connectivity index (χ1n) is 7.59. The van der Waals surface area contributed by atoms with Crippen molar-refractivity contribution in [2.24, 2.45) is 0 Å². The Labute approximate surface area is 159 Å². The number of ketones is 1. The summed E-state index contributed by atoms with van der Waals surface area (Å²) < 4.78 is 0.839. The Balaban J connectivity index is 2.01. The van der Waals surface area contributed by atoms with E-state index in [1.54, 1.807) is 18.2 Å². The Bertz CT molecular complexity index is 1320. The highest BCUT2D eigenvalue weighted by atomic mass is 79.9. The number of halogens is 2. The summed E-state index contributed by atoms with van der Waals surface area (Å²) in [5.41, 5.74) is 0.545. The van der Waals surface area contributed by atoms with Crippen LogP contribution in [-0.2, 0) is 0 Å². The fourth-order valence-corrected chi connectivity index (χ4v) is 5.54. The largest absolute Gasteiger partial charge is 0.289 e. The van der Waals surface area contributed by atoms with Crippen molar-refractivity contribution in [3.05, 3.63) is 79.0 Å². The first kappa shape index (κ1) is 15.4. The SMILES string of the molecule is O=C1C(=c2c(=O)c3ccc(Cl)c4c(Br)ccc2c43)Sc2ccccc21. The minimum absolute atomic E-state index is 0.0843. The van der Waals surface area contributed by atoms with Crippen LogP contribution in [0.1, 0.15) is 10.4 Å². The minimum atomic E-state index is -0.113. The lowest BCUT2D eigenvalue weighted by Crippen LogP contribution is -2.23. The highest BCUT2D eigenvalue weighted by Crippen LogP contribution is 2.41. The molecular formula is C20H8BrClO2S. The molecule has 0 aliphatic carbocycles. The molecule has 0 saturated carbocycles. The lowest BCUT2D eigenvalue weighted by molar-refractivity contribution is 0.105. The van der Waals surface area contributed by atoms with E-state index in [1.165, 1.54) is 11.8 Å². The fourth-order valence-electron chi connectivity index (χ4n) is 3.48. The highest BCUT2D eigenvalue weighted by Gasteiger charge is 2.28. The van der Waals surface area contributed by atoms with Crippen LogP contribution >= 0.6 is 39.3 Å². The molecule has 5 heteroatoms. The summed E-state index contributed by atoms with van der Waals surface area (Å²) in [5, 5.41) is 4.08. The van der Waals surface area contributed by atoms with Crippen LogP contribution in [0.2, 0.25) is 5.02 Å². The molecule has 120 valence electrons. The molecule has 0 amide bonds. The smallest absolute Gasteiger partial charge is 0.201 e. The summed E-state index contributed by atoms with van der Waals surface area (Å²) in [6.45, 7) is 0. The second-order valence-electron chi connectivity index (χ2n) is 5.90. The number of hydrogen-bond donors (Lipinski definition) is 0. The first-order chi connectivity index (χ1) is 12.1. The molecule has 0 saturated heterocycles. The lowest BCUT2D eigenvalue weighted by Gasteiger charge is -2.03. The zero-order valence-corrected chi connectivity index (χ0v) is 15.8. The van der Waals surface area contributed by atoms with E-state index >= 15 is 0 Å². The Hall–Kier alpha value is -1.88. The molecule has 0 unspecified atom stereocenters. The monoisotopic (exact) mass is 426 g/mol. The van der Waals surface area contributed by atoms with Crippen LogP contribution in [0.4, 0.5) is 0 Å². The van der Waals surface area contributed by atoms with Crippen molar-refractivity contribution in [2.45, 2.75) is 4.90 Å². The standard InChI is InChI=1S/C20H8BrClO2S/c21-12-7-5-10-15-11(6-8-13(22)17(12)15)18(23)16(10)20-19(24)9-3-1-2-4-14(9)25-20/h1-8H. The van der Waals surface area contributed by atoms with Crippen molar-refractivity contribution in [1.82, 2.24) is 0 Å². The van der Waals surface area contributed by atoms with E-state index in [0.29, 0.717) is 26.1 Å². The Morgan fingerprint density at radius 2 is 1.64 bits per heavy atom. The van der Waals surface area contributed by atoms with E-state index in [4.69, 9.17) is 11.6 Å². The zero-order valence-electron chi connectivity index (χ0n) is 12.6. The highest BCUT2D eigenvalue weighted by molar-refractivity contribution is 9.10. The maximum atomic E-state index is 13.1. The number of benzene rings is 3. The number of fused-ring (bicyclic) bond motifs is 1. The molecule has 2 nitrogen and oxygen atoms in total. The van der Waals surface area contributed by atoms with E-state index in [-0.39, 0.29) is 11.2 Å². The summed E-state index contributed by atoms with van der Waals surface area (Å²) in [4.78, 5) is 27.4. The van der Waals surface area contributed by atoms with Gasteiger partial charge in [0.05, 0.1) is 4.91 Å². The van der Waals surface area contributed by atoms with E-state index in [0.717, 1.165) is 25.5 Å².